The molecule has 0 bridgehead atoms. The summed E-state index contributed by atoms with van der Waals surface area (Å²) in [5.41, 5.74) is 6.30. The van der Waals surface area contributed by atoms with Gasteiger partial charge >= 0.3 is 0 Å². The molecule has 0 amide bonds. The number of fused-ring (bicyclic) bond motifs is 4. The molecule has 36 heavy (non-hydrogen) atoms. The fraction of sp³-hybridized carbons (Fsp3) is 0.133. The maximum Gasteiger partial charge on any atom is 0.0765 e. The van der Waals surface area contributed by atoms with Crippen LogP contribution >= 0.6 is 23.5 Å². The Morgan fingerprint density at radius 1 is 0.500 bits per heavy atom. The zero-order chi connectivity index (χ0) is 24.4. The number of para-hydroxylation sites is 4. The van der Waals surface area contributed by atoms with E-state index in [1.807, 2.05) is 48.1 Å². The number of aliphatic imine (C=N–C) groups is 2. The zero-order valence-corrected chi connectivity index (χ0v) is 21.6. The standard InChI is InChI=1S/C30H28N4S2/c1-3-11-25-23(9-1)21-33-27-13-5-7-15-29(27)35-19-20-36-30-16-8-6-14-28(30)34-22-24-10-2-4-12-26(24)32-18-17-31-25/h1-16,21-22,31-32H,17-20H2. The molecule has 4 aromatic rings. The topological polar surface area (TPSA) is 48.8 Å². The van der Waals surface area contributed by atoms with Crippen LogP contribution in [0.1, 0.15) is 11.1 Å². The van der Waals surface area contributed by atoms with Gasteiger partial charge in [0.1, 0.15) is 0 Å². The highest BCUT2D eigenvalue weighted by Crippen LogP contribution is 2.33. The summed E-state index contributed by atoms with van der Waals surface area (Å²) in [5.74, 6) is 1.97. The molecule has 4 aromatic carbocycles. The van der Waals surface area contributed by atoms with Gasteiger partial charge in [-0.25, -0.2) is 0 Å². The fourth-order valence-corrected chi connectivity index (χ4v) is 5.88. The first kappa shape index (κ1) is 24.2. The molecule has 5 rings (SSSR count). The number of benzene rings is 4. The molecule has 2 N–H and O–H groups in total. The van der Waals surface area contributed by atoms with Crippen molar-refractivity contribution in [2.45, 2.75) is 9.79 Å². The third-order valence-electron chi connectivity index (χ3n) is 5.69. The second kappa shape index (κ2) is 12.5. The minimum atomic E-state index is 0.780. The van der Waals surface area contributed by atoms with Crippen LogP contribution in [0.15, 0.2) is 117 Å². The first-order valence-corrected chi connectivity index (χ1v) is 14.0. The summed E-state index contributed by atoms with van der Waals surface area (Å²) in [6.07, 6.45) is 3.93. The lowest BCUT2D eigenvalue weighted by atomic mass is 10.2. The van der Waals surface area contributed by atoms with Gasteiger partial charge in [-0.3, -0.25) is 9.98 Å². The third-order valence-corrected chi connectivity index (χ3v) is 8.08. The van der Waals surface area contributed by atoms with Crippen molar-refractivity contribution in [3.8, 4) is 0 Å². The van der Waals surface area contributed by atoms with E-state index in [4.69, 9.17) is 9.98 Å². The van der Waals surface area contributed by atoms with Gasteiger partial charge in [-0.15, -0.1) is 23.5 Å². The molecule has 180 valence electrons. The molecule has 1 aliphatic rings. The van der Waals surface area contributed by atoms with E-state index < -0.39 is 0 Å². The average molecular weight is 509 g/mol. The van der Waals surface area contributed by atoms with Gasteiger partial charge in [0, 0.05) is 69.3 Å². The Labute approximate surface area is 221 Å². The predicted molar refractivity (Wildman–Crippen MR) is 159 cm³/mol. The molecule has 0 aromatic heterocycles. The maximum atomic E-state index is 4.86. The van der Waals surface area contributed by atoms with Crippen LogP contribution in [0.3, 0.4) is 0 Å². The van der Waals surface area contributed by atoms with E-state index in [2.05, 4.69) is 95.6 Å². The van der Waals surface area contributed by atoms with E-state index in [1.165, 1.54) is 9.79 Å². The summed E-state index contributed by atoms with van der Waals surface area (Å²) in [5, 5.41) is 7.12. The highest BCUT2D eigenvalue weighted by molar-refractivity contribution is 8.03. The van der Waals surface area contributed by atoms with Crippen LogP contribution in [0.2, 0.25) is 0 Å². The molecule has 0 unspecified atom stereocenters. The second-order valence-corrected chi connectivity index (χ2v) is 10.5. The predicted octanol–water partition coefficient (Wildman–Crippen LogP) is 7.91. The maximum absolute atomic E-state index is 4.86. The lowest BCUT2D eigenvalue weighted by molar-refractivity contribution is 1.08. The van der Waals surface area contributed by atoms with E-state index >= 15 is 0 Å². The number of hydrogen-bond donors (Lipinski definition) is 2. The fourth-order valence-electron chi connectivity index (χ4n) is 3.89. The highest BCUT2D eigenvalue weighted by Gasteiger charge is 2.06. The Bertz CT molecular complexity index is 1160. The Morgan fingerprint density at radius 3 is 1.42 bits per heavy atom. The minimum Gasteiger partial charge on any atom is -0.383 e. The van der Waals surface area contributed by atoms with Crippen LogP contribution < -0.4 is 10.6 Å². The van der Waals surface area contributed by atoms with Gasteiger partial charge < -0.3 is 10.6 Å². The van der Waals surface area contributed by atoms with Crippen molar-refractivity contribution in [3.05, 3.63) is 108 Å². The van der Waals surface area contributed by atoms with Crippen molar-refractivity contribution in [1.29, 1.82) is 0 Å². The van der Waals surface area contributed by atoms with Crippen molar-refractivity contribution in [2.75, 3.05) is 35.2 Å². The second-order valence-electron chi connectivity index (χ2n) is 8.18. The van der Waals surface area contributed by atoms with Crippen LogP contribution in [0.4, 0.5) is 22.7 Å². The number of hydrogen-bond acceptors (Lipinski definition) is 6. The Morgan fingerprint density at radius 2 is 0.917 bits per heavy atom. The van der Waals surface area contributed by atoms with Crippen molar-refractivity contribution in [2.24, 2.45) is 9.98 Å². The molecule has 0 fully saturated rings. The van der Waals surface area contributed by atoms with Gasteiger partial charge in [0.05, 0.1) is 11.4 Å². The smallest absolute Gasteiger partial charge is 0.0765 e. The molecule has 0 saturated heterocycles. The molecule has 0 spiro atoms. The van der Waals surface area contributed by atoms with E-state index in [0.29, 0.717) is 0 Å². The molecular formula is C30H28N4S2. The Kier molecular flexibility index (Phi) is 8.39. The summed E-state index contributed by atoms with van der Waals surface area (Å²) < 4.78 is 0. The zero-order valence-electron chi connectivity index (χ0n) is 19.9. The van der Waals surface area contributed by atoms with Gasteiger partial charge in [-0.2, -0.15) is 0 Å². The largest absolute Gasteiger partial charge is 0.383 e. The summed E-state index contributed by atoms with van der Waals surface area (Å²) >= 11 is 3.69. The van der Waals surface area contributed by atoms with E-state index in [-0.39, 0.29) is 0 Å². The van der Waals surface area contributed by atoms with Crippen LogP contribution in [-0.2, 0) is 0 Å². The van der Waals surface area contributed by atoms with E-state index in [0.717, 1.165) is 58.5 Å². The molecule has 0 atom stereocenters. The molecule has 0 saturated carbocycles. The van der Waals surface area contributed by atoms with Crippen LogP contribution in [0, 0.1) is 0 Å². The normalized spacial score (nSPS) is 14.2. The van der Waals surface area contributed by atoms with Crippen LogP contribution in [-0.4, -0.2) is 37.0 Å². The first-order valence-electron chi connectivity index (χ1n) is 12.0. The lowest BCUT2D eigenvalue weighted by Gasteiger charge is -2.13. The van der Waals surface area contributed by atoms with Crippen LogP contribution in [0.5, 0.6) is 0 Å². The quantitative estimate of drug-likeness (QED) is 0.253. The Balaban J connectivity index is 1.44. The molecule has 1 aliphatic heterocycles. The number of nitrogens with zero attached hydrogens (tertiary/aromatic N) is 2. The monoisotopic (exact) mass is 508 g/mol. The average Bonchev–Trinajstić information content (AvgIpc) is 2.93. The number of thioether (sulfide) groups is 2. The summed E-state index contributed by atoms with van der Waals surface area (Å²) in [6.45, 7) is 1.56. The van der Waals surface area contributed by atoms with Crippen molar-refractivity contribution in [3.63, 3.8) is 0 Å². The van der Waals surface area contributed by atoms with E-state index in [1.54, 1.807) is 0 Å². The molecule has 0 aliphatic carbocycles. The van der Waals surface area contributed by atoms with Crippen molar-refractivity contribution in [1.82, 2.24) is 0 Å². The summed E-state index contributed by atoms with van der Waals surface area (Å²) in [4.78, 5) is 12.1. The highest BCUT2D eigenvalue weighted by atomic mass is 32.2. The number of nitrogens with one attached hydrogen (secondary N) is 2. The molecule has 1 heterocycles. The van der Waals surface area contributed by atoms with Crippen molar-refractivity contribution >= 4 is 58.7 Å². The van der Waals surface area contributed by atoms with E-state index in [9.17, 15) is 0 Å². The molecule has 0 radical (unpaired) electrons. The van der Waals surface area contributed by atoms with Gasteiger partial charge in [0.2, 0.25) is 0 Å². The van der Waals surface area contributed by atoms with Gasteiger partial charge in [0.15, 0.2) is 0 Å². The Hall–Kier alpha value is -3.48. The van der Waals surface area contributed by atoms with Crippen molar-refractivity contribution < 1.29 is 0 Å². The van der Waals surface area contributed by atoms with Gasteiger partial charge in [-0.05, 0) is 36.4 Å². The molecular weight excluding hydrogens is 480 g/mol. The van der Waals surface area contributed by atoms with Gasteiger partial charge in [-0.1, -0.05) is 60.7 Å². The lowest BCUT2D eigenvalue weighted by Crippen LogP contribution is -2.15. The minimum absolute atomic E-state index is 0.780. The summed E-state index contributed by atoms with van der Waals surface area (Å²) in [7, 11) is 0. The number of rotatable bonds is 0. The SMILES string of the molecule is C1=Nc2ccccc2SCCSc2ccccc2N=Cc2ccccc2NCCNc2ccccc21. The number of anilines is 2. The molecule has 6 heteroatoms. The molecule has 4 nitrogen and oxygen atoms in total. The summed E-state index contributed by atoms with van der Waals surface area (Å²) in [6, 6.07) is 33.3. The first-order chi connectivity index (χ1) is 17.9. The van der Waals surface area contributed by atoms with Crippen LogP contribution in [0.25, 0.3) is 0 Å². The third kappa shape index (κ3) is 6.39. The van der Waals surface area contributed by atoms with Gasteiger partial charge in [0.25, 0.3) is 0 Å².